The molecule has 0 spiro atoms. The van der Waals surface area contributed by atoms with Gasteiger partial charge in [-0.05, 0) is 56.2 Å². The van der Waals surface area contributed by atoms with Crippen LogP contribution in [0.3, 0.4) is 0 Å². The Morgan fingerprint density at radius 1 is 1.09 bits per heavy atom. The Balaban J connectivity index is 2.37. The Morgan fingerprint density at radius 3 is 2.25 bits per heavy atom. The highest BCUT2D eigenvalue weighted by Gasteiger charge is 2.41. The number of fused-ring (bicyclic) bond motifs is 1. The summed E-state index contributed by atoms with van der Waals surface area (Å²) >= 11 is 7.82. The summed E-state index contributed by atoms with van der Waals surface area (Å²) in [6, 6.07) is 13.2. The number of phenolic OH excluding ortho intramolecular Hbond substituents is 1. The first-order valence-electron chi connectivity index (χ1n) is 10.9. The molecule has 3 aromatic rings. The van der Waals surface area contributed by atoms with E-state index in [1.807, 2.05) is 37.3 Å². The molecule has 3 rings (SSSR count). The van der Waals surface area contributed by atoms with Gasteiger partial charge in [0.1, 0.15) is 5.75 Å². The number of carbonyl (C=O) groups is 1. The van der Waals surface area contributed by atoms with Gasteiger partial charge in [-0.2, -0.15) is 0 Å². The Hall–Kier alpha value is -2.11. The summed E-state index contributed by atoms with van der Waals surface area (Å²) in [5, 5.41) is 22.0. The van der Waals surface area contributed by atoms with Crippen molar-refractivity contribution in [2.75, 3.05) is 0 Å². The van der Waals surface area contributed by atoms with E-state index in [0.29, 0.717) is 18.0 Å². The Bertz CT molecular complexity index is 1130. The maximum Gasteiger partial charge on any atom is 0.309 e. The summed E-state index contributed by atoms with van der Waals surface area (Å²) in [7, 11) is 0. The number of halogens is 1. The molecule has 0 saturated heterocycles. The first-order valence-corrected chi connectivity index (χ1v) is 12.1. The molecule has 0 aliphatic carbocycles. The lowest BCUT2D eigenvalue weighted by molar-refractivity contribution is -0.148. The van der Waals surface area contributed by atoms with Gasteiger partial charge >= 0.3 is 5.97 Å². The quantitative estimate of drug-likeness (QED) is 0.348. The molecule has 6 heteroatoms. The first-order chi connectivity index (χ1) is 14.8. The van der Waals surface area contributed by atoms with Gasteiger partial charge in [0.15, 0.2) is 0 Å². The van der Waals surface area contributed by atoms with E-state index in [2.05, 4.69) is 25.3 Å². The van der Waals surface area contributed by atoms with Crippen molar-refractivity contribution >= 4 is 40.2 Å². The summed E-state index contributed by atoms with van der Waals surface area (Å²) in [6.45, 7) is 12.7. The van der Waals surface area contributed by atoms with Crippen LogP contribution in [0.25, 0.3) is 10.9 Å². The van der Waals surface area contributed by atoms with Crippen molar-refractivity contribution in [2.24, 2.45) is 5.41 Å². The Kier molecular flexibility index (Phi) is 6.92. The molecule has 1 atom stereocenters. The van der Waals surface area contributed by atoms with E-state index in [4.69, 9.17) is 11.6 Å². The zero-order valence-corrected chi connectivity index (χ0v) is 21.1. The fourth-order valence-electron chi connectivity index (χ4n) is 4.23. The van der Waals surface area contributed by atoms with Crippen LogP contribution in [-0.2, 0) is 11.3 Å². The van der Waals surface area contributed by atoms with E-state index < -0.39 is 11.4 Å². The lowest BCUT2D eigenvalue weighted by Gasteiger charge is -2.32. The van der Waals surface area contributed by atoms with Crippen molar-refractivity contribution in [2.45, 2.75) is 70.1 Å². The van der Waals surface area contributed by atoms with Crippen LogP contribution in [0.15, 0.2) is 47.4 Å². The number of aliphatic carboxylic acids is 1. The predicted octanol–water partition coefficient (Wildman–Crippen LogP) is 7.54. The second-order valence-corrected chi connectivity index (χ2v) is 12.1. The van der Waals surface area contributed by atoms with Gasteiger partial charge < -0.3 is 14.8 Å². The standard InChI is InChI=1S/C26H32ClNO3S/c1-7-20(26(5,6)24(30)31)22-23(32-25(2,3)4)19-14-18(29)12-13-21(19)28(22)15-16-8-10-17(27)11-9-16/h8-14,20,29H,7,15H2,1-6H3,(H,30,31). The van der Waals surface area contributed by atoms with Crippen LogP contribution < -0.4 is 0 Å². The SMILES string of the molecule is CCC(c1c(SC(C)(C)C)c2cc(O)ccc2n1Cc1ccc(Cl)cc1)C(C)(C)C(=O)O. The second-order valence-electron chi connectivity index (χ2n) is 9.83. The molecule has 0 amide bonds. The van der Waals surface area contributed by atoms with Crippen molar-refractivity contribution in [1.82, 2.24) is 4.57 Å². The van der Waals surface area contributed by atoms with Crippen LogP contribution in [0.4, 0.5) is 0 Å². The minimum absolute atomic E-state index is 0.0920. The fraction of sp³-hybridized carbons (Fsp3) is 0.423. The maximum atomic E-state index is 12.3. The average Bonchev–Trinajstić information content (AvgIpc) is 2.95. The molecule has 0 saturated carbocycles. The summed E-state index contributed by atoms with van der Waals surface area (Å²) in [5.41, 5.74) is 2.11. The minimum atomic E-state index is -0.962. The number of carboxylic acids is 1. The topological polar surface area (TPSA) is 62.5 Å². The molecule has 0 aliphatic rings. The van der Waals surface area contributed by atoms with E-state index in [-0.39, 0.29) is 16.4 Å². The molecular weight excluding hydrogens is 442 g/mol. The van der Waals surface area contributed by atoms with Crippen molar-refractivity contribution < 1.29 is 15.0 Å². The molecule has 32 heavy (non-hydrogen) atoms. The van der Waals surface area contributed by atoms with Crippen molar-refractivity contribution in [3.05, 3.63) is 58.7 Å². The molecule has 1 unspecified atom stereocenters. The molecule has 1 heterocycles. The normalized spacial score (nSPS) is 13.5. The number of hydrogen-bond acceptors (Lipinski definition) is 3. The van der Waals surface area contributed by atoms with Crippen molar-refractivity contribution in [3.8, 4) is 5.75 Å². The van der Waals surface area contributed by atoms with Crippen molar-refractivity contribution in [3.63, 3.8) is 0 Å². The third-order valence-corrected chi connectivity index (χ3v) is 7.36. The van der Waals surface area contributed by atoms with Crippen LogP contribution >= 0.6 is 23.4 Å². The lowest BCUT2D eigenvalue weighted by atomic mass is 9.75. The number of hydrogen-bond donors (Lipinski definition) is 2. The van der Waals surface area contributed by atoms with Gasteiger partial charge in [0, 0.05) is 43.7 Å². The van der Waals surface area contributed by atoms with Gasteiger partial charge in [0.2, 0.25) is 0 Å². The van der Waals surface area contributed by atoms with E-state index in [9.17, 15) is 15.0 Å². The average molecular weight is 474 g/mol. The van der Waals surface area contributed by atoms with Gasteiger partial charge in [-0.15, -0.1) is 11.8 Å². The zero-order valence-electron chi connectivity index (χ0n) is 19.6. The minimum Gasteiger partial charge on any atom is -0.508 e. The van der Waals surface area contributed by atoms with E-state index in [0.717, 1.165) is 27.1 Å². The molecule has 0 bridgehead atoms. The van der Waals surface area contributed by atoms with E-state index >= 15 is 0 Å². The van der Waals surface area contributed by atoms with Gasteiger partial charge in [-0.3, -0.25) is 4.79 Å². The number of nitrogens with zero attached hydrogens (tertiary/aromatic N) is 1. The maximum absolute atomic E-state index is 12.3. The summed E-state index contributed by atoms with van der Waals surface area (Å²) in [5.74, 6) is -0.831. The van der Waals surface area contributed by atoms with Crippen LogP contribution in [0, 0.1) is 5.41 Å². The lowest BCUT2D eigenvalue weighted by Crippen LogP contribution is -2.33. The monoisotopic (exact) mass is 473 g/mol. The Labute approximate surface area is 199 Å². The molecule has 1 aromatic heterocycles. The fourth-order valence-corrected chi connectivity index (χ4v) is 5.60. The largest absolute Gasteiger partial charge is 0.508 e. The number of aromatic hydroxyl groups is 1. The number of phenols is 1. The molecule has 2 aromatic carbocycles. The van der Waals surface area contributed by atoms with Crippen LogP contribution in [0.2, 0.25) is 5.02 Å². The number of carboxylic acid groups (broad SMARTS) is 1. The van der Waals surface area contributed by atoms with Crippen LogP contribution in [0.1, 0.15) is 65.1 Å². The van der Waals surface area contributed by atoms with Crippen LogP contribution in [0.5, 0.6) is 5.75 Å². The molecule has 0 radical (unpaired) electrons. The molecule has 172 valence electrons. The summed E-state index contributed by atoms with van der Waals surface area (Å²) in [6.07, 6.45) is 0.680. The smallest absolute Gasteiger partial charge is 0.309 e. The van der Waals surface area contributed by atoms with Crippen molar-refractivity contribution in [1.29, 1.82) is 0 Å². The highest BCUT2D eigenvalue weighted by atomic mass is 35.5. The number of rotatable bonds is 7. The summed E-state index contributed by atoms with van der Waals surface area (Å²) < 4.78 is 2.14. The van der Waals surface area contributed by atoms with E-state index in [1.165, 1.54) is 0 Å². The molecule has 0 aliphatic heterocycles. The number of aromatic nitrogens is 1. The van der Waals surface area contributed by atoms with Gasteiger partial charge in [0.05, 0.1) is 5.41 Å². The number of thioether (sulfide) groups is 1. The molecule has 2 N–H and O–H groups in total. The van der Waals surface area contributed by atoms with Gasteiger partial charge in [-0.25, -0.2) is 0 Å². The third kappa shape index (κ3) is 4.94. The molecule has 0 fully saturated rings. The van der Waals surface area contributed by atoms with Gasteiger partial charge in [0.25, 0.3) is 0 Å². The summed E-state index contributed by atoms with van der Waals surface area (Å²) in [4.78, 5) is 13.3. The second kappa shape index (κ2) is 9.03. The van der Waals surface area contributed by atoms with Crippen LogP contribution in [-0.4, -0.2) is 25.5 Å². The highest BCUT2D eigenvalue weighted by molar-refractivity contribution is 8.00. The highest BCUT2D eigenvalue weighted by Crippen LogP contribution is 2.49. The molecule has 4 nitrogen and oxygen atoms in total. The third-order valence-electron chi connectivity index (χ3n) is 5.86. The first kappa shape index (κ1) is 24.5. The van der Waals surface area contributed by atoms with Gasteiger partial charge in [-0.1, -0.05) is 51.4 Å². The predicted molar refractivity (Wildman–Crippen MR) is 134 cm³/mol. The Morgan fingerprint density at radius 2 is 1.72 bits per heavy atom. The zero-order chi connectivity index (χ0) is 23.8. The molecular formula is C26H32ClNO3S. The van der Waals surface area contributed by atoms with E-state index in [1.54, 1.807) is 37.7 Å². The number of benzene rings is 2.